The fourth-order valence-electron chi connectivity index (χ4n) is 9.28. The Morgan fingerprint density at radius 1 is 1.09 bits per heavy atom. The van der Waals surface area contributed by atoms with Crippen molar-refractivity contribution < 1.29 is 19.1 Å². The third-order valence-electron chi connectivity index (χ3n) is 10.8. The number of hydrogen-bond donors (Lipinski definition) is 0. The maximum Gasteiger partial charge on any atom is 0.338 e. The average molecular weight is 562 g/mol. The lowest BCUT2D eigenvalue weighted by atomic mass is 9.44. The number of ether oxygens (including phenoxy) is 2. The number of Topliss-reactive ketones (excluding diaryl/α,β-unsaturated/α-hetero) is 1. The first kappa shape index (κ1) is 22.5. The molecule has 5 aliphatic rings. The summed E-state index contributed by atoms with van der Waals surface area (Å²) in [6.45, 7) is 6.66. The van der Waals surface area contributed by atoms with Crippen molar-refractivity contribution in [3.63, 3.8) is 0 Å². The lowest BCUT2D eigenvalue weighted by Gasteiger charge is -2.59. The maximum absolute atomic E-state index is 12.8. The van der Waals surface area contributed by atoms with Crippen LogP contribution in [0, 0.1) is 38.1 Å². The number of halogens is 1. The van der Waals surface area contributed by atoms with E-state index in [0.29, 0.717) is 35.2 Å². The Kier molecular flexibility index (Phi) is 5.13. The summed E-state index contributed by atoms with van der Waals surface area (Å²) in [5.74, 6) is 2.13. The first-order valence-corrected chi connectivity index (χ1v) is 13.9. The molecule has 1 spiro atoms. The molecule has 33 heavy (non-hydrogen) atoms. The van der Waals surface area contributed by atoms with Crippen LogP contribution in [0.15, 0.2) is 24.3 Å². The zero-order valence-corrected chi connectivity index (χ0v) is 22.1. The summed E-state index contributed by atoms with van der Waals surface area (Å²) in [4.78, 5) is 25.2. The zero-order valence-electron chi connectivity index (χ0n) is 19.9. The standard InChI is InChI=1S/C28H35IO4/c1-16(30)21-9-10-22-23-8-7-18-14-20(32-25(31)17-5-4-6-19(29)13-17)11-12-27(18,3)28(23)24(33-28)15-26(21,22)2/h4-6,13,18,20-24H,7-12,14-15H2,1-3H3/t18-,20-,21+,22-,23-,24-,26-,27+,28+/m1/s1. The fraction of sp³-hybridized carbons (Fsp3) is 0.714. The maximum atomic E-state index is 12.8. The van der Waals surface area contributed by atoms with Gasteiger partial charge in [-0.1, -0.05) is 19.9 Å². The molecule has 0 N–H and O–H groups in total. The van der Waals surface area contributed by atoms with Crippen molar-refractivity contribution in [1.29, 1.82) is 0 Å². The molecule has 1 aromatic rings. The normalized spacial score (nSPS) is 47.5. The molecule has 1 aromatic carbocycles. The molecule has 6 rings (SSSR count). The summed E-state index contributed by atoms with van der Waals surface area (Å²) in [6, 6.07) is 7.65. The van der Waals surface area contributed by atoms with Crippen molar-refractivity contribution in [1.82, 2.24) is 0 Å². The van der Waals surface area contributed by atoms with Gasteiger partial charge in [-0.05, 0) is 122 Å². The van der Waals surface area contributed by atoms with E-state index in [-0.39, 0.29) is 34.4 Å². The van der Waals surface area contributed by atoms with Gasteiger partial charge >= 0.3 is 5.97 Å². The van der Waals surface area contributed by atoms with Gasteiger partial charge in [-0.2, -0.15) is 0 Å². The second-order valence-corrected chi connectivity index (χ2v) is 13.3. The highest BCUT2D eigenvalue weighted by Crippen LogP contribution is 2.76. The highest BCUT2D eigenvalue weighted by molar-refractivity contribution is 14.1. The van der Waals surface area contributed by atoms with Crippen LogP contribution in [-0.2, 0) is 14.3 Å². The van der Waals surface area contributed by atoms with Crippen LogP contribution in [0.1, 0.15) is 82.5 Å². The van der Waals surface area contributed by atoms with Gasteiger partial charge in [0, 0.05) is 14.9 Å². The number of fused-ring (bicyclic) bond motifs is 3. The van der Waals surface area contributed by atoms with Gasteiger partial charge in [0.1, 0.15) is 17.5 Å². The number of carbonyl (C=O) groups excluding carboxylic acids is 2. The summed E-state index contributed by atoms with van der Waals surface area (Å²) < 4.78 is 13.8. The van der Waals surface area contributed by atoms with E-state index in [1.165, 1.54) is 19.3 Å². The Morgan fingerprint density at radius 2 is 1.88 bits per heavy atom. The van der Waals surface area contributed by atoms with Crippen LogP contribution >= 0.6 is 22.6 Å². The van der Waals surface area contributed by atoms with Crippen LogP contribution in [0.3, 0.4) is 0 Å². The van der Waals surface area contributed by atoms with Gasteiger partial charge in [0.2, 0.25) is 0 Å². The highest BCUT2D eigenvalue weighted by atomic mass is 127. The first-order valence-electron chi connectivity index (χ1n) is 12.8. The first-order chi connectivity index (χ1) is 15.7. The van der Waals surface area contributed by atoms with Crippen LogP contribution in [0.5, 0.6) is 0 Å². The number of epoxide rings is 1. The molecule has 178 valence electrons. The van der Waals surface area contributed by atoms with Crippen molar-refractivity contribution in [2.75, 3.05) is 0 Å². The number of rotatable bonds is 3. The molecule has 5 heteroatoms. The van der Waals surface area contributed by atoms with Crippen molar-refractivity contribution >= 4 is 34.3 Å². The highest BCUT2D eigenvalue weighted by Gasteiger charge is 2.79. The summed E-state index contributed by atoms with van der Waals surface area (Å²) >= 11 is 2.24. The minimum Gasteiger partial charge on any atom is -0.459 e. The minimum absolute atomic E-state index is 0.000947. The second kappa shape index (κ2) is 7.52. The van der Waals surface area contributed by atoms with E-state index in [1.807, 2.05) is 24.3 Å². The van der Waals surface area contributed by atoms with Crippen molar-refractivity contribution in [3.8, 4) is 0 Å². The Balaban J connectivity index is 1.20. The van der Waals surface area contributed by atoms with Crippen LogP contribution in [0.4, 0.5) is 0 Å². The number of hydrogen-bond acceptors (Lipinski definition) is 4. The Labute approximate surface area is 210 Å². The molecule has 0 radical (unpaired) electrons. The van der Waals surface area contributed by atoms with E-state index < -0.39 is 0 Å². The third kappa shape index (κ3) is 3.09. The molecule has 4 aliphatic carbocycles. The van der Waals surface area contributed by atoms with Crippen LogP contribution < -0.4 is 0 Å². The molecule has 0 amide bonds. The van der Waals surface area contributed by atoms with Crippen molar-refractivity contribution in [2.45, 2.75) is 89.9 Å². The average Bonchev–Trinajstić information content (AvgIpc) is 3.38. The monoisotopic (exact) mass is 562 g/mol. The second-order valence-electron chi connectivity index (χ2n) is 12.1. The fourth-order valence-corrected chi connectivity index (χ4v) is 9.82. The predicted octanol–water partition coefficient (Wildman–Crippen LogP) is 6.20. The van der Waals surface area contributed by atoms with Crippen LogP contribution in [0.2, 0.25) is 0 Å². The third-order valence-corrected chi connectivity index (χ3v) is 11.5. The molecular weight excluding hydrogens is 527 g/mol. The van der Waals surface area contributed by atoms with Gasteiger partial charge in [-0.3, -0.25) is 4.79 Å². The summed E-state index contributed by atoms with van der Waals surface area (Å²) in [7, 11) is 0. The van der Waals surface area contributed by atoms with E-state index >= 15 is 0 Å². The number of benzene rings is 1. The summed E-state index contributed by atoms with van der Waals surface area (Å²) in [5.41, 5.74) is 0.915. The molecular formula is C28H35IO4. The van der Waals surface area contributed by atoms with Gasteiger partial charge in [-0.15, -0.1) is 0 Å². The topological polar surface area (TPSA) is 55.9 Å². The summed E-state index contributed by atoms with van der Waals surface area (Å²) in [5, 5.41) is 0. The number of carbonyl (C=O) groups is 2. The van der Waals surface area contributed by atoms with E-state index in [4.69, 9.17) is 9.47 Å². The minimum atomic E-state index is -0.191. The molecule has 0 unspecified atom stereocenters. The molecule has 4 saturated carbocycles. The smallest absolute Gasteiger partial charge is 0.338 e. The van der Waals surface area contributed by atoms with Crippen LogP contribution in [-0.4, -0.2) is 29.6 Å². The molecule has 1 saturated heterocycles. The summed E-state index contributed by atoms with van der Waals surface area (Å²) in [6.07, 6.45) is 8.92. The Hall–Kier alpha value is -0.950. The predicted molar refractivity (Wildman–Crippen MR) is 134 cm³/mol. The van der Waals surface area contributed by atoms with Gasteiger partial charge in [0.15, 0.2) is 0 Å². The SMILES string of the molecule is CC(=O)[C@@H]1CC[C@@H]2[C@H]3CC[C@@H]4C[C@H](OC(=O)c5cccc(I)c5)CC[C@]4(C)[C@]34O[C@@H]4C[C@@]21C. The Bertz CT molecular complexity index is 1010. The molecule has 4 nitrogen and oxygen atoms in total. The van der Waals surface area contributed by atoms with E-state index in [2.05, 4.69) is 36.4 Å². The zero-order chi connectivity index (χ0) is 23.2. The lowest BCUT2D eigenvalue weighted by molar-refractivity contribution is -0.133. The van der Waals surface area contributed by atoms with Crippen LogP contribution in [0.25, 0.3) is 0 Å². The van der Waals surface area contributed by atoms with Crippen molar-refractivity contribution in [2.24, 2.45) is 34.5 Å². The Morgan fingerprint density at radius 3 is 2.64 bits per heavy atom. The van der Waals surface area contributed by atoms with E-state index in [1.54, 1.807) is 6.92 Å². The number of esters is 1. The van der Waals surface area contributed by atoms with Gasteiger partial charge in [0.25, 0.3) is 0 Å². The van der Waals surface area contributed by atoms with E-state index in [9.17, 15) is 9.59 Å². The number of ketones is 1. The molecule has 0 bridgehead atoms. The van der Waals surface area contributed by atoms with Gasteiger partial charge in [0.05, 0.1) is 11.7 Å². The molecule has 9 atom stereocenters. The lowest BCUT2D eigenvalue weighted by Crippen LogP contribution is -2.60. The van der Waals surface area contributed by atoms with E-state index in [0.717, 1.165) is 35.7 Å². The molecule has 0 aromatic heterocycles. The quantitative estimate of drug-likeness (QED) is 0.250. The molecule has 5 fully saturated rings. The van der Waals surface area contributed by atoms with Gasteiger partial charge < -0.3 is 9.47 Å². The largest absolute Gasteiger partial charge is 0.459 e. The van der Waals surface area contributed by atoms with Gasteiger partial charge in [-0.25, -0.2) is 4.79 Å². The van der Waals surface area contributed by atoms with Crippen molar-refractivity contribution in [3.05, 3.63) is 33.4 Å². The molecule has 1 heterocycles. The molecule has 1 aliphatic heterocycles.